The molecule has 0 saturated carbocycles. The van der Waals surface area contributed by atoms with Gasteiger partial charge in [0.15, 0.2) is 0 Å². The van der Waals surface area contributed by atoms with E-state index >= 15 is 0 Å². The van der Waals surface area contributed by atoms with E-state index in [1.165, 1.54) is 25.1 Å². The van der Waals surface area contributed by atoms with E-state index in [0.717, 1.165) is 0 Å². The average molecular weight is 279 g/mol. The lowest BCUT2D eigenvalue weighted by atomic mass is 10.2. The molecular formula is C11H12ClFO3S. The predicted molar refractivity (Wildman–Crippen MR) is 64.9 cm³/mol. The number of aliphatic carboxylic acids is 1. The first-order chi connectivity index (χ1) is 7.90. The number of rotatable bonds is 5. The first-order valence-corrected chi connectivity index (χ1v) is 6.78. The number of carboxylic acid groups (broad SMARTS) is 1. The number of carboxylic acids is 1. The maximum atomic E-state index is 13.3. The molecule has 0 aliphatic heterocycles. The van der Waals surface area contributed by atoms with Crippen LogP contribution >= 0.6 is 11.6 Å². The first kappa shape index (κ1) is 14.1. The minimum absolute atomic E-state index is 0.00128. The lowest BCUT2D eigenvalue weighted by molar-refractivity contribution is -0.140. The molecule has 1 aromatic carbocycles. The van der Waals surface area contributed by atoms with Crippen LogP contribution in [0, 0.1) is 11.7 Å². The summed E-state index contributed by atoms with van der Waals surface area (Å²) in [6.07, 6.45) is 0. The first-order valence-electron chi connectivity index (χ1n) is 4.92. The molecule has 0 spiro atoms. The molecule has 17 heavy (non-hydrogen) atoms. The van der Waals surface area contributed by atoms with Crippen molar-refractivity contribution in [2.24, 2.45) is 5.92 Å². The van der Waals surface area contributed by atoms with Gasteiger partial charge in [-0.1, -0.05) is 18.5 Å². The van der Waals surface area contributed by atoms with Crippen molar-refractivity contribution >= 4 is 28.4 Å². The van der Waals surface area contributed by atoms with Gasteiger partial charge in [0.05, 0.1) is 11.7 Å². The zero-order valence-corrected chi connectivity index (χ0v) is 10.7. The lowest BCUT2D eigenvalue weighted by Gasteiger charge is -2.07. The number of carbonyl (C=O) groups is 1. The summed E-state index contributed by atoms with van der Waals surface area (Å²) in [6, 6.07) is 4.01. The van der Waals surface area contributed by atoms with Crippen molar-refractivity contribution in [1.29, 1.82) is 0 Å². The van der Waals surface area contributed by atoms with E-state index in [1.807, 2.05) is 0 Å². The summed E-state index contributed by atoms with van der Waals surface area (Å²) >= 11 is 5.70. The maximum absolute atomic E-state index is 13.3. The Morgan fingerprint density at radius 2 is 2.24 bits per heavy atom. The summed E-state index contributed by atoms with van der Waals surface area (Å²) in [4.78, 5) is 10.6. The quantitative estimate of drug-likeness (QED) is 0.900. The van der Waals surface area contributed by atoms with Gasteiger partial charge in [-0.05, 0) is 18.2 Å². The summed E-state index contributed by atoms with van der Waals surface area (Å²) in [5.74, 6) is -2.22. The van der Waals surface area contributed by atoms with Crippen LogP contribution in [0.1, 0.15) is 12.5 Å². The molecule has 0 aliphatic carbocycles. The van der Waals surface area contributed by atoms with E-state index < -0.39 is 28.5 Å². The van der Waals surface area contributed by atoms with Crippen molar-refractivity contribution in [2.45, 2.75) is 12.7 Å². The maximum Gasteiger partial charge on any atom is 0.307 e. The molecule has 0 aromatic heterocycles. The number of halogens is 2. The van der Waals surface area contributed by atoms with Crippen LogP contribution in [-0.2, 0) is 21.3 Å². The van der Waals surface area contributed by atoms with E-state index in [-0.39, 0.29) is 17.1 Å². The van der Waals surface area contributed by atoms with Crippen LogP contribution in [0.25, 0.3) is 0 Å². The fraction of sp³-hybridized carbons (Fsp3) is 0.364. The van der Waals surface area contributed by atoms with Crippen LogP contribution in [-0.4, -0.2) is 21.0 Å². The molecule has 2 unspecified atom stereocenters. The van der Waals surface area contributed by atoms with Crippen molar-refractivity contribution in [3.63, 3.8) is 0 Å². The smallest absolute Gasteiger partial charge is 0.307 e. The topological polar surface area (TPSA) is 54.4 Å². The van der Waals surface area contributed by atoms with Crippen molar-refractivity contribution in [3.8, 4) is 0 Å². The molecule has 6 heteroatoms. The Bertz CT molecular complexity index is 450. The summed E-state index contributed by atoms with van der Waals surface area (Å²) < 4.78 is 24.9. The van der Waals surface area contributed by atoms with Crippen molar-refractivity contribution < 1.29 is 18.5 Å². The van der Waals surface area contributed by atoms with Gasteiger partial charge < -0.3 is 5.11 Å². The summed E-state index contributed by atoms with van der Waals surface area (Å²) in [7, 11) is -1.42. The van der Waals surface area contributed by atoms with Crippen LogP contribution in [0.5, 0.6) is 0 Å². The van der Waals surface area contributed by atoms with Crippen LogP contribution in [0.3, 0.4) is 0 Å². The largest absolute Gasteiger partial charge is 0.481 e. The summed E-state index contributed by atoms with van der Waals surface area (Å²) in [6.45, 7) is 1.47. The molecule has 1 aromatic rings. The predicted octanol–water partition coefficient (Wildman–Crippen LogP) is 2.45. The zero-order chi connectivity index (χ0) is 13.0. The van der Waals surface area contributed by atoms with E-state index in [4.69, 9.17) is 16.7 Å². The fourth-order valence-electron chi connectivity index (χ4n) is 1.24. The molecule has 94 valence electrons. The molecule has 0 amide bonds. The highest BCUT2D eigenvalue weighted by atomic mass is 35.5. The van der Waals surface area contributed by atoms with E-state index in [0.29, 0.717) is 5.02 Å². The molecule has 0 saturated heterocycles. The Hall–Kier alpha value is -0.940. The van der Waals surface area contributed by atoms with Gasteiger partial charge in [0.25, 0.3) is 0 Å². The SMILES string of the molecule is CC(CS(=O)Cc1cc(Cl)ccc1F)C(=O)O. The second-order valence-electron chi connectivity index (χ2n) is 3.73. The van der Waals surface area contributed by atoms with Gasteiger partial charge in [-0.3, -0.25) is 9.00 Å². The van der Waals surface area contributed by atoms with Crippen LogP contribution in [0.15, 0.2) is 18.2 Å². The third-order valence-electron chi connectivity index (χ3n) is 2.18. The molecule has 1 rings (SSSR count). The zero-order valence-electron chi connectivity index (χ0n) is 9.15. The molecule has 0 radical (unpaired) electrons. The van der Waals surface area contributed by atoms with Gasteiger partial charge in [-0.15, -0.1) is 0 Å². The van der Waals surface area contributed by atoms with Crippen molar-refractivity contribution in [1.82, 2.24) is 0 Å². The van der Waals surface area contributed by atoms with Gasteiger partial charge in [-0.25, -0.2) is 4.39 Å². The Balaban J connectivity index is 2.68. The molecule has 1 N–H and O–H groups in total. The number of benzene rings is 1. The number of hydrogen-bond donors (Lipinski definition) is 1. The Kier molecular flexibility index (Phi) is 5.08. The van der Waals surface area contributed by atoms with E-state index in [9.17, 15) is 13.4 Å². The third kappa shape index (κ3) is 4.44. The Morgan fingerprint density at radius 3 is 2.82 bits per heavy atom. The summed E-state index contributed by atoms with van der Waals surface area (Å²) in [5, 5.41) is 9.03. The minimum Gasteiger partial charge on any atom is -0.481 e. The monoisotopic (exact) mass is 278 g/mol. The van der Waals surface area contributed by atoms with Gasteiger partial charge in [0, 0.05) is 27.1 Å². The minimum atomic E-state index is -1.42. The third-order valence-corrected chi connectivity index (χ3v) is 3.92. The van der Waals surface area contributed by atoms with Crippen LogP contribution < -0.4 is 0 Å². The van der Waals surface area contributed by atoms with Crippen LogP contribution in [0.2, 0.25) is 5.02 Å². The molecule has 2 atom stereocenters. The Labute approximate surface area is 106 Å². The van der Waals surface area contributed by atoms with Gasteiger partial charge in [0.1, 0.15) is 5.82 Å². The lowest BCUT2D eigenvalue weighted by Crippen LogP contribution is -2.18. The van der Waals surface area contributed by atoms with E-state index in [1.54, 1.807) is 0 Å². The molecule has 0 fully saturated rings. The fourth-order valence-corrected chi connectivity index (χ4v) is 2.82. The van der Waals surface area contributed by atoms with Gasteiger partial charge in [-0.2, -0.15) is 0 Å². The molecular weight excluding hydrogens is 267 g/mol. The average Bonchev–Trinajstić information content (AvgIpc) is 2.23. The summed E-state index contributed by atoms with van der Waals surface area (Å²) in [5.41, 5.74) is 0.244. The highest BCUT2D eigenvalue weighted by Gasteiger charge is 2.16. The molecule has 0 bridgehead atoms. The van der Waals surface area contributed by atoms with Gasteiger partial charge in [0.2, 0.25) is 0 Å². The second-order valence-corrected chi connectivity index (χ2v) is 5.66. The Morgan fingerprint density at radius 1 is 1.59 bits per heavy atom. The van der Waals surface area contributed by atoms with Crippen molar-refractivity contribution in [2.75, 3.05) is 5.75 Å². The van der Waals surface area contributed by atoms with Crippen LogP contribution in [0.4, 0.5) is 4.39 Å². The second kappa shape index (κ2) is 6.12. The van der Waals surface area contributed by atoms with Crippen molar-refractivity contribution in [3.05, 3.63) is 34.6 Å². The highest BCUT2D eigenvalue weighted by molar-refractivity contribution is 7.84. The normalized spacial score (nSPS) is 14.3. The van der Waals surface area contributed by atoms with E-state index in [2.05, 4.69) is 0 Å². The molecule has 3 nitrogen and oxygen atoms in total. The van der Waals surface area contributed by atoms with Gasteiger partial charge >= 0.3 is 5.97 Å². The molecule has 0 heterocycles. The number of hydrogen-bond acceptors (Lipinski definition) is 2. The molecule has 0 aliphatic rings. The highest BCUT2D eigenvalue weighted by Crippen LogP contribution is 2.17. The standard InChI is InChI=1S/C11H12ClFO3S/c1-7(11(14)15)5-17(16)6-8-4-9(12)2-3-10(8)13/h2-4,7H,5-6H2,1H3,(H,14,15).